The van der Waals surface area contributed by atoms with Gasteiger partial charge in [-0.15, -0.1) is 0 Å². The third-order valence-corrected chi connectivity index (χ3v) is 3.57. The molecule has 0 aliphatic rings. The molecule has 0 aromatic heterocycles. The minimum atomic E-state index is -1.22. The lowest BCUT2D eigenvalue weighted by Gasteiger charge is -2.15. The van der Waals surface area contributed by atoms with Crippen LogP contribution in [0, 0.1) is 5.82 Å². The highest BCUT2D eigenvalue weighted by Crippen LogP contribution is 2.16. The second-order valence-corrected chi connectivity index (χ2v) is 5.41. The van der Waals surface area contributed by atoms with E-state index in [0.717, 1.165) is 0 Å². The minimum Gasteiger partial charge on any atom is -0.478 e. The molecule has 2 aromatic carbocycles. The monoisotopic (exact) mass is 329 g/mol. The Morgan fingerprint density at radius 3 is 2.08 bits per heavy atom. The first-order valence-electron chi connectivity index (χ1n) is 7.23. The number of hydrogen-bond acceptors (Lipinski definition) is 3. The standard InChI is InChI=1S/C18H16FNO4/c1-10(12-3-5-16(19)6-4-12)20-17(22)14-7-13(11(2)21)8-15(9-14)18(23)24/h3-10H,1-2H3,(H,20,22)(H,23,24). The maximum Gasteiger partial charge on any atom is 0.335 e. The zero-order valence-electron chi connectivity index (χ0n) is 13.2. The first kappa shape index (κ1) is 17.3. The first-order valence-corrected chi connectivity index (χ1v) is 7.23. The summed E-state index contributed by atoms with van der Waals surface area (Å²) in [6, 6.07) is 9.05. The van der Waals surface area contributed by atoms with Crippen molar-refractivity contribution >= 4 is 17.7 Å². The van der Waals surface area contributed by atoms with Crippen LogP contribution in [0.2, 0.25) is 0 Å². The lowest BCUT2D eigenvalue weighted by atomic mass is 10.0. The number of benzene rings is 2. The molecule has 1 atom stereocenters. The van der Waals surface area contributed by atoms with Crippen molar-refractivity contribution in [1.29, 1.82) is 0 Å². The van der Waals surface area contributed by atoms with Crippen LogP contribution < -0.4 is 5.32 Å². The lowest BCUT2D eigenvalue weighted by Crippen LogP contribution is -2.27. The molecule has 24 heavy (non-hydrogen) atoms. The fourth-order valence-corrected chi connectivity index (χ4v) is 2.20. The number of halogens is 1. The van der Waals surface area contributed by atoms with Gasteiger partial charge in [-0.2, -0.15) is 0 Å². The van der Waals surface area contributed by atoms with E-state index in [-0.39, 0.29) is 28.3 Å². The summed E-state index contributed by atoms with van der Waals surface area (Å²) in [5.74, 6) is -2.45. The molecule has 0 fully saturated rings. The number of rotatable bonds is 5. The summed E-state index contributed by atoms with van der Waals surface area (Å²) in [4.78, 5) is 35.0. The molecule has 2 aromatic rings. The second kappa shape index (κ2) is 7.04. The number of carbonyl (C=O) groups is 3. The second-order valence-electron chi connectivity index (χ2n) is 5.41. The number of carboxylic acids is 1. The molecule has 124 valence electrons. The van der Waals surface area contributed by atoms with Crippen LogP contribution in [0.5, 0.6) is 0 Å². The molecule has 1 amide bonds. The van der Waals surface area contributed by atoms with Crippen molar-refractivity contribution < 1.29 is 23.9 Å². The van der Waals surface area contributed by atoms with E-state index in [1.165, 1.54) is 37.3 Å². The van der Waals surface area contributed by atoms with Gasteiger partial charge in [0.05, 0.1) is 11.6 Å². The van der Waals surface area contributed by atoms with Crippen LogP contribution in [0.25, 0.3) is 0 Å². The molecule has 0 heterocycles. The van der Waals surface area contributed by atoms with Crippen molar-refractivity contribution in [2.75, 3.05) is 0 Å². The van der Waals surface area contributed by atoms with Crippen LogP contribution in [0.15, 0.2) is 42.5 Å². The molecule has 0 saturated heterocycles. The number of Topliss-reactive ketones (excluding diaryl/α,β-unsaturated/α-hetero) is 1. The summed E-state index contributed by atoms with van der Waals surface area (Å²) in [5.41, 5.74) is 0.789. The largest absolute Gasteiger partial charge is 0.478 e. The number of aromatic carboxylic acids is 1. The van der Waals surface area contributed by atoms with Crippen LogP contribution in [0.1, 0.15) is 56.5 Å². The molecule has 0 spiro atoms. The van der Waals surface area contributed by atoms with E-state index in [9.17, 15) is 18.8 Å². The van der Waals surface area contributed by atoms with Gasteiger partial charge in [0.15, 0.2) is 5.78 Å². The molecule has 6 heteroatoms. The van der Waals surface area contributed by atoms with Gasteiger partial charge >= 0.3 is 5.97 Å². The third-order valence-electron chi connectivity index (χ3n) is 3.57. The number of amides is 1. The molecule has 2 N–H and O–H groups in total. The van der Waals surface area contributed by atoms with Gasteiger partial charge in [0.1, 0.15) is 5.82 Å². The van der Waals surface area contributed by atoms with Crippen LogP contribution in [-0.2, 0) is 0 Å². The predicted molar refractivity (Wildman–Crippen MR) is 85.7 cm³/mol. The van der Waals surface area contributed by atoms with Crippen molar-refractivity contribution in [2.45, 2.75) is 19.9 Å². The Hall–Kier alpha value is -3.02. The third kappa shape index (κ3) is 4.04. The van der Waals surface area contributed by atoms with Crippen LogP contribution in [0.4, 0.5) is 4.39 Å². The van der Waals surface area contributed by atoms with E-state index < -0.39 is 17.9 Å². The van der Waals surface area contributed by atoms with E-state index in [1.807, 2.05) is 0 Å². The van der Waals surface area contributed by atoms with Gasteiger partial charge in [0, 0.05) is 11.1 Å². The van der Waals surface area contributed by atoms with E-state index >= 15 is 0 Å². The quantitative estimate of drug-likeness (QED) is 0.825. The minimum absolute atomic E-state index is 0.0778. The van der Waals surface area contributed by atoms with Crippen molar-refractivity contribution in [1.82, 2.24) is 5.32 Å². The van der Waals surface area contributed by atoms with Gasteiger partial charge in [-0.05, 0) is 49.7 Å². The molecule has 0 saturated carbocycles. The smallest absolute Gasteiger partial charge is 0.335 e. The summed E-state index contributed by atoms with van der Waals surface area (Å²) in [6.07, 6.45) is 0. The Labute approximate surface area is 138 Å². The van der Waals surface area contributed by atoms with Crippen molar-refractivity contribution in [3.63, 3.8) is 0 Å². The van der Waals surface area contributed by atoms with Gasteiger partial charge < -0.3 is 10.4 Å². The molecular weight excluding hydrogens is 313 g/mol. The highest BCUT2D eigenvalue weighted by Gasteiger charge is 2.16. The van der Waals surface area contributed by atoms with E-state index in [2.05, 4.69) is 5.32 Å². The maximum atomic E-state index is 12.9. The molecule has 0 radical (unpaired) electrons. The number of carbonyl (C=O) groups excluding carboxylic acids is 2. The Morgan fingerprint density at radius 2 is 1.54 bits per heavy atom. The molecular formula is C18H16FNO4. The van der Waals surface area contributed by atoms with Crippen molar-refractivity contribution in [2.24, 2.45) is 0 Å². The molecule has 5 nitrogen and oxygen atoms in total. The topological polar surface area (TPSA) is 83.5 Å². The van der Waals surface area contributed by atoms with E-state index in [4.69, 9.17) is 5.11 Å². The summed E-state index contributed by atoms with van der Waals surface area (Å²) in [7, 11) is 0. The van der Waals surface area contributed by atoms with Crippen molar-refractivity contribution in [3.05, 3.63) is 70.5 Å². The number of hydrogen-bond donors (Lipinski definition) is 2. The fraction of sp³-hybridized carbons (Fsp3) is 0.167. The number of nitrogens with one attached hydrogen (secondary N) is 1. The zero-order valence-corrected chi connectivity index (χ0v) is 13.2. The number of ketones is 1. The lowest BCUT2D eigenvalue weighted by molar-refractivity contribution is 0.0697. The highest BCUT2D eigenvalue weighted by molar-refractivity contribution is 6.03. The summed E-state index contributed by atoms with van der Waals surface area (Å²) < 4.78 is 12.9. The summed E-state index contributed by atoms with van der Waals surface area (Å²) >= 11 is 0. The normalized spacial score (nSPS) is 11.6. The maximum absolute atomic E-state index is 12.9. The molecule has 1 unspecified atom stereocenters. The van der Waals surface area contributed by atoms with Gasteiger partial charge in [-0.3, -0.25) is 9.59 Å². The van der Waals surface area contributed by atoms with Crippen LogP contribution in [0.3, 0.4) is 0 Å². The number of carboxylic acid groups (broad SMARTS) is 1. The van der Waals surface area contributed by atoms with Gasteiger partial charge in [-0.1, -0.05) is 12.1 Å². The average Bonchev–Trinajstić information content (AvgIpc) is 2.54. The first-order chi connectivity index (χ1) is 11.3. The van der Waals surface area contributed by atoms with Crippen LogP contribution >= 0.6 is 0 Å². The Balaban J connectivity index is 2.27. The van der Waals surface area contributed by atoms with Gasteiger partial charge in [0.25, 0.3) is 5.91 Å². The molecule has 0 bridgehead atoms. The highest BCUT2D eigenvalue weighted by atomic mass is 19.1. The van der Waals surface area contributed by atoms with Crippen LogP contribution in [-0.4, -0.2) is 22.8 Å². The summed E-state index contributed by atoms with van der Waals surface area (Å²) in [6.45, 7) is 3.02. The van der Waals surface area contributed by atoms with E-state index in [1.54, 1.807) is 19.1 Å². The van der Waals surface area contributed by atoms with Gasteiger partial charge in [0.2, 0.25) is 0 Å². The Morgan fingerprint density at radius 1 is 1.00 bits per heavy atom. The fourth-order valence-electron chi connectivity index (χ4n) is 2.20. The Kier molecular flexibility index (Phi) is 5.08. The van der Waals surface area contributed by atoms with Gasteiger partial charge in [-0.25, -0.2) is 9.18 Å². The average molecular weight is 329 g/mol. The Bertz CT molecular complexity index is 767. The molecule has 0 aliphatic heterocycles. The van der Waals surface area contributed by atoms with E-state index in [0.29, 0.717) is 5.56 Å². The SMILES string of the molecule is CC(=O)c1cc(C(=O)O)cc(C(=O)NC(C)c2ccc(F)cc2)c1. The zero-order chi connectivity index (χ0) is 17.9. The molecule has 2 rings (SSSR count). The molecule has 0 aliphatic carbocycles. The predicted octanol–water partition coefficient (Wildman–Crippen LogP) is 3.22. The summed E-state index contributed by atoms with van der Waals surface area (Å²) in [5, 5.41) is 11.8. The van der Waals surface area contributed by atoms with Crippen molar-refractivity contribution in [3.8, 4) is 0 Å².